The van der Waals surface area contributed by atoms with Crippen molar-refractivity contribution in [3.8, 4) is 5.75 Å². The minimum absolute atomic E-state index is 0.0430. The number of urea groups is 1. The average Bonchev–Trinajstić information content (AvgIpc) is 3.27. The number of Topliss-reactive ketones (excluding diaryl/α,β-unsaturated/α-hetero) is 1. The van der Waals surface area contributed by atoms with Crippen molar-refractivity contribution in [2.75, 3.05) is 13.2 Å². The zero-order valence-corrected chi connectivity index (χ0v) is 19.5. The predicted molar refractivity (Wildman–Crippen MR) is 127 cm³/mol. The van der Waals surface area contributed by atoms with Crippen molar-refractivity contribution < 1.29 is 19.1 Å². The number of ketones is 1. The van der Waals surface area contributed by atoms with Crippen LogP contribution in [0.3, 0.4) is 0 Å². The Kier molecular flexibility index (Phi) is 5.27. The number of fused-ring (bicyclic) bond motifs is 2. The third kappa shape index (κ3) is 3.31. The third-order valence-electron chi connectivity index (χ3n) is 7.01. The molecule has 2 atom stereocenters. The van der Waals surface area contributed by atoms with E-state index in [1.807, 2.05) is 50.2 Å². The Balaban J connectivity index is 1.42. The van der Waals surface area contributed by atoms with Crippen molar-refractivity contribution in [3.05, 3.63) is 88.7 Å². The monoisotopic (exact) mass is 457 g/mol. The van der Waals surface area contributed by atoms with Gasteiger partial charge in [-0.05, 0) is 38.5 Å². The van der Waals surface area contributed by atoms with Gasteiger partial charge in [0.1, 0.15) is 5.75 Å². The first-order valence-electron chi connectivity index (χ1n) is 11.5. The van der Waals surface area contributed by atoms with Crippen LogP contribution >= 0.6 is 0 Å². The smallest absolute Gasteiger partial charge is 0.325 e. The Morgan fingerprint density at radius 2 is 1.79 bits per heavy atom. The van der Waals surface area contributed by atoms with Crippen LogP contribution in [0.25, 0.3) is 0 Å². The van der Waals surface area contributed by atoms with Crippen LogP contribution in [0.15, 0.2) is 60.7 Å². The molecule has 1 N–H and O–H groups in total. The number of ether oxygens (including phenoxy) is 1. The van der Waals surface area contributed by atoms with E-state index in [-0.39, 0.29) is 18.4 Å². The quantitative estimate of drug-likeness (QED) is 0.462. The number of aromatic nitrogens is 1. The first-order valence-corrected chi connectivity index (χ1v) is 11.5. The molecule has 2 unspecified atom stereocenters. The second kappa shape index (κ2) is 8.17. The van der Waals surface area contributed by atoms with Gasteiger partial charge in [0.15, 0.2) is 11.3 Å². The maximum absolute atomic E-state index is 13.5. The van der Waals surface area contributed by atoms with Crippen molar-refractivity contribution >= 4 is 17.7 Å². The minimum atomic E-state index is -1.19. The molecule has 174 valence electrons. The Morgan fingerprint density at radius 3 is 2.56 bits per heavy atom. The van der Waals surface area contributed by atoms with E-state index in [2.05, 4.69) is 28.9 Å². The molecule has 1 spiro atoms. The summed E-state index contributed by atoms with van der Waals surface area (Å²) in [5, 5.41) is 2.85. The van der Waals surface area contributed by atoms with Gasteiger partial charge >= 0.3 is 6.03 Å². The van der Waals surface area contributed by atoms with Crippen LogP contribution in [-0.2, 0) is 10.3 Å². The molecule has 0 radical (unpaired) electrons. The molecule has 2 aliphatic heterocycles. The molecule has 5 rings (SSSR count). The summed E-state index contributed by atoms with van der Waals surface area (Å²) in [6, 6.07) is 18.6. The lowest BCUT2D eigenvalue weighted by atomic mass is 9.84. The number of amides is 3. The van der Waals surface area contributed by atoms with Crippen LogP contribution in [0.5, 0.6) is 5.75 Å². The minimum Gasteiger partial charge on any atom is -0.493 e. The summed E-state index contributed by atoms with van der Waals surface area (Å²) in [7, 11) is 0. The summed E-state index contributed by atoms with van der Waals surface area (Å²) in [5.41, 5.74) is 2.86. The van der Waals surface area contributed by atoms with Gasteiger partial charge in [-0.3, -0.25) is 14.5 Å². The fourth-order valence-electron chi connectivity index (χ4n) is 5.28. The highest BCUT2D eigenvalue weighted by atomic mass is 16.5. The molecule has 34 heavy (non-hydrogen) atoms. The van der Waals surface area contributed by atoms with Gasteiger partial charge in [0, 0.05) is 28.9 Å². The van der Waals surface area contributed by atoms with Gasteiger partial charge in [0.05, 0.1) is 19.2 Å². The van der Waals surface area contributed by atoms with E-state index < -0.39 is 17.5 Å². The van der Waals surface area contributed by atoms with Crippen molar-refractivity contribution in [3.63, 3.8) is 0 Å². The van der Waals surface area contributed by atoms with E-state index in [0.717, 1.165) is 21.9 Å². The first-order chi connectivity index (χ1) is 16.3. The molecule has 0 saturated carbocycles. The molecular weight excluding hydrogens is 430 g/mol. The summed E-state index contributed by atoms with van der Waals surface area (Å²) < 4.78 is 7.79. The number of hydrogen-bond donors (Lipinski definition) is 1. The number of para-hydroxylation sites is 1. The van der Waals surface area contributed by atoms with Crippen LogP contribution in [-0.4, -0.2) is 40.3 Å². The highest BCUT2D eigenvalue weighted by Gasteiger charge is 2.55. The summed E-state index contributed by atoms with van der Waals surface area (Å²) in [4.78, 5) is 40.8. The Labute approximate surface area is 198 Å². The number of benzene rings is 2. The third-order valence-corrected chi connectivity index (χ3v) is 7.01. The second-order valence-corrected chi connectivity index (χ2v) is 8.99. The number of carbonyl (C=O) groups is 3. The molecule has 1 fully saturated rings. The molecule has 2 aromatic carbocycles. The van der Waals surface area contributed by atoms with Gasteiger partial charge in [0.25, 0.3) is 5.91 Å². The highest BCUT2D eigenvalue weighted by Crippen LogP contribution is 2.41. The van der Waals surface area contributed by atoms with Crippen LogP contribution < -0.4 is 10.1 Å². The number of imide groups is 1. The summed E-state index contributed by atoms with van der Waals surface area (Å²) >= 11 is 0. The van der Waals surface area contributed by atoms with E-state index >= 15 is 0 Å². The zero-order chi connectivity index (χ0) is 24.0. The lowest BCUT2D eigenvalue weighted by Crippen LogP contribution is -2.47. The summed E-state index contributed by atoms with van der Waals surface area (Å²) in [6.45, 7) is 5.96. The van der Waals surface area contributed by atoms with Gasteiger partial charge in [-0.1, -0.05) is 48.5 Å². The number of nitrogens with one attached hydrogen (secondary N) is 1. The molecule has 3 heterocycles. The molecule has 3 amide bonds. The number of nitrogens with zero attached hydrogens (tertiary/aromatic N) is 2. The van der Waals surface area contributed by atoms with Crippen LogP contribution in [0.2, 0.25) is 0 Å². The molecule has 7 heteroatoms. The fraction of sp³-hybridized carbons (Fsp3) is 0.296. The molecule has 3 aromatic rings. The largest absolute Gasteiger partial charge is 0.493 e. The highest BCUT2D eigenvalue weighted by molar-refractivity contribution is 6.12. The summed E-state index contributed by atoms with van der Waals surface area (Å²) in [6.07, 6.45) is 0.322. The molecule has 2 aliphatic rings. The summed E-state index contributed by atoms with van der Waals surface area (Å²) in [5.74, 6) is -0.0948. The maximum atomic E-state index is 13.5. The number of hydrogen-bond acceptors (Lipinski definition) is 4. The van der Waals surface area contributed by atoms with Crippen LogP contribution in [0.4, 0.5) is 4.79 Å². The second-order valence-electron chi connectivity index (χ2n) is 8.99. The average molecular weight is 458 g/mol. The lowest BCUT2D eigenvalue weighted by molar-refractivity contribution is -0.132. The molecule has 0 aliphatic carbocycles. The fourth-order valence-corrected chi connectivity index (χ4v) is 5.28. The van der Waals surface area contributed by atoms with Crippen molar-refractivity contribution in [1.29, 1.82) is 0 Å². The van der Waals surface area contributed by atoms with E-state index in [4.69, 9.17) is 4.74 Å². The van der Waals surface area contributed by atoms with Crippen molar-refractivity contribution in [2.24, 2.45) is 0 Å². The molecular formula is C27H27N3O4. The normalized spacial score (nSPS) is 20.1. The first kappa shape index (κ1) is 21.9. The molecule has 1 aromatic heterocycles. The van der Waals surface area contributed by atoms with Crippen molar-refractivity contribution in [1.82, 2.24) is 14.8 Å². The van der Waals surface area contributed by atoms with Gasteiger partial charge in [0.2, 0.25) is 0 Å². The molecule has 1 saturated heterocycles. The van der Waals surface area contributed by atoms with Gasteiger partial charge < -0.3 is 14.6 Å². The number of carbonyl (C=O) groups excluding carboxylic acids is 3. The predicted octanol–water partition coefficient (Wildman–Crippen LogP) is 4.13. The topological polar surface area (TPSA) is 80.6 Å². The van der Waals surface area contributed by atoms with Crippen LogP contribution in [0.1, 0.15) is 52.3 Å². The molecule has 7 nitrogen and oxygen atoms in total. The lowest BCUT2D eigenvalue weighted by Gasteiger charge is -2.33. The van der Waals surface area contributed by atoms with Gasteiger partial charge in [-0.15, -0.1) is 0 Å². The number of aryl methyl sites for hydroxylation is 1. The van der Waals surface area contributed by atoms with Crippen LogP contribution in [0, 0.1) is 13.8 Å². The van der Waals surface area contributed by atoms with Crippen molar-refractivity contribution in [2.45, 2.75) is 38.8 Å². The zero-order valence-electron chi connectivity index (χ0n) is 19.5. The SMILES string of the molecule is Cc1cc(C(=O)CN2C(=O)NC3(CCOc4ccccc43)C2=O)c(C)n1C(C)c1ccccc1. The Hall–Kier alpha value is -3.87. The standard InChI is InChI=1S/C27H27N3O4/c1-17-15-21(19(3)30(17)18(2)20-9-5-4-6-10-20)23(31)16-29-25(32)27(28-26(29)33)13-14-34-24-12-8-7-11-22(24)27/h4-12,15,18H,13-14,16H2,1-3H3,(H,28,33). The Bertz CT molecular complexity index is 1300. The number of rotatable bonds is 5. The van der Waals surface area contributed by atoms with Gasteiger partial charge in [-0.2, -0.15) is 0 Å². The van der Waals surface area contributed by atoms with E-state index in [1.165, 1.54) is 0 Å². The Morgan fingerprint density at radius 1 is 1.09 bits per heavy atom. The van der Waals surface area contributed by atoms with E-state index in [0.29, 0.717) is 29.9 Å². The maximum Gasteiger partial charge on any atom is 0.325 e. The van der Waals surface area contributed by atoms with E-state index in [1.54, 1.807) is 12.1 Å². The van der Waals surface area contributed by atoms with Gasteiger partial charge in [-0.25, -0.2) is 4.79 Å². The van der Waals surface area contributed by atoms with E-state index in [9.17, 15) is 14.4 Å². The molecule has 0 bridgehead atoms.